The molecule has 4 aromatic carbocycles. The van der Waals surface area contributed by atoms with Crippen LogP contribution in [-0.4, -0.2) is 19.5 Å². The molecule has 0 atom stereocenters. The summed E-state index contributed by atoms with van der Waals surface area (Å²) in [5, 5.41) is 0.533. The van der Waals surface area contributed by atoms with Gasteiger partial charge in [0.25, 0.3) is 5.91 Å². The second kappa shape index (κ2) is 11.3. The summed E-state index contributed by atoms with van der Waals surface area (Å²) in [5.74, 6) is -0.103. The van der Waals surface area contributed by atoms with Crippen LogP contribution in [0.3, 0.4) is 0 Å². The minimum atomic E-state index is -4.03. The number of hydrogen-bond acceptors (Lipinski definition) is 6. The molecule has 4 aromatic rings. The molecule has 38 heavy (non-hydrogen) atoms. The molecular formula is C28H18Br2N2O4S2. The van der Waals surface area contributed by atoms with Crippen LogP contribution in [0.4, 0.5) is 11.4 Å². The van der Waals surface area contributed by atoms with Gasteiger partial charge in [-0.2, -0.15) is 8.42 Å². The Labute approximate surface area is 241 Å². The van der Waals surface area contributed by atoms with Gasteiger partial charge in [-0.15, -0.1) is 0 Å². The molecule has 0 N–H and O–H groups in total. The van der Waals surface area contributed by atoms with Crippen molar-refractivity contribution >= 4 is 82.3 Å². The van der Waals surface area contributed by atoms with Crippen LogP contribution < -0.4 is 9.08 Å². The van der Waals surface area contributed by atoms with Gasteiger partial charge in [0.15, 0.2) is 10.9 Å². The van der Waals surface area contributed by atoms with E-state index in [-0.39, 0.29) is 16.6 Å². The summed E-state index contributed by atoms with van der Waals surface area (Å²) >= 11 is 8.10. The highest BCUT2D eigenvalue weighted by molar-refractivity contribution is 9.11. The zero-order chi connectivity index (χ0) is 26.7. The number of carbonyl (C=O) groups is 1. The second-order valence-corrected chi connectivity index (χ2v) is 12.2. The van der Waals surface area contributed by atoms with E-state index in [0.29, 0.717) is 30.3 Å². The molecule has 10 heteroatoms. The van der Waals surface area contributed by atoms with Crippen LogP contribution in [0.15, 0.2) is 127 Å². The van der Waals surface area contributed by atoms with Gasteiger partial charge in [0.2, 0.25) is 0 Å². The third-order valence-corrected chi connectivity index (χ3v) is 8.73. The largest absolute Gasteiger partial charge is 0.377 e. The van der Waals surface area contributed by atoms with Crippen LogP contribution in [-0.2, 0) is 14.9 Å². The van der Waals surface area contributed by atoms with Gasteiger partial charge in [0.05, 0.1) is 25.2 Å². The summed E-state index contributed by atoms with van der Waals surface area (Å²) in [6.07, 6.45) is 1.74. The lowest BCUT2D eigenvalue weighted by atomic mass is 10.2. The van der Waals surface area contributed by atoms with Crippen LogP contribution in [0.1, 0.15) is 5.56 Å². The number of rotatable bonds is 6. The Hall–Kier alpha value is -3.18. The van der Waals surface area contributed by atoms with Crippen molar-refractivity contribution in [1.29, 1.82) is 0 Å². The van der Waals surface area contributed by atoms with Crippen molar-refractivity contribution in [3.05, 3.63) is 123 Å². The highest BCUT2D eigenvalue weighted by atomic mass is 79.9. The monoisotopic (exact) mass is 668 g/mol. The van der Waals surface area contributed by atoms with Crippen LogP contribution in [0.5, 0.6) is 5.75 Å². The molecule has 0 radical (unpaired) electrons. The molecule has 0 saturated carbocycles. The molecule has 5 rings (SSSR count). The molecular weight excluding hydrogens is 652 g/mol. The van der Waals surface area contributed by atoms with Crippen LogP contribution >= 0.6 is 43.6 Å². The Balaban J connectivity index is 1.48. The van der Waals surface area contributed by atoms with E-state index in [1.807, 2.05) is 60.7 Å². The first kappa shape index (κ1) is 26.4. The van der Waals surface area contributed by atoms with Gasteiger partial charge in [-0.1, -0.05) is 54.6 Å². The van der Waals surface area contributed by atoms with Gasteiger partial charge in [-0.05, 0) is 104 Å². The van der Waals surface area contributed by atoms with Gasteiger partial charge >= 0.3 is 10.1 Å². The molecule has 1 saturated heterocycles. The number of para-hydroxylation sites is 2. The van der Waals surface area contributed by atoms with Crippen LogP contribution in [0.25, 0.3) is 6.08 Å². The number of amides is 1. The van der Waals surface area contributed by atoms with Gasteiger partial charge in [0.1, 0.15) is 4.90 Å². The third kappa shape index (κ3) is 5.78. The first-order valence-corrected chi connectivity index (χ1v) is 15.0. The SMILES string of the molecule is O=C1/C(=C\c2cc(Br)c(OS(=O)(=O)c3ccccc3)c(Br)c2)SC(=Nc2ccccc2)N1c1ccccc1. The van der Waals surface area contributed by atoms with Gasteiger partial charge in [0, 0.05) is 0 Å². The van der Waals surface area contributed by atoms with Crippen molar-refractivity contribution in [2.45, 2.75) is 4.90 Å². The highest BCUT2D eigenvalue weighted by Crippen LogP contribution is 2.40. The summed E-state index contributed by atoms with van der Waals surface area (Å²) in [6.45, 7) is 0. The quantitative estimate of drug-likeness (QED) is 0.155. The van der Waals surface area contributed by atoms with Crippen molar-refractivity contribution in [3.63, 3.8) is 0 Å². The summed E-state index contributed by atoms with van der Waals surface area (Å²) in [6, 6.07) is 30.1. The van der Waals surface area contributed by atoms with E-state index >= 15 is 0 Å². The van der Waals surface area contributed by atoms with Crippen LogP contribution in [0, 0.1) is 0 Å². The van der Waals surface area contributed by atoms with E-state index in [2.05, 4.69) is 31.9 Å². The van der Waals surface area contributed by atoms with E-state index in [9.17, 15) is 13.2 Å². The number of halogens is 2. The maximum atomic E-state index is 13.5. The molecule has 1 heterocycles. The lowest BCUT2D eigenvalue weighted by Gasteiger charge is -2.15. The molecule has 0 aliphatic carbocycles. The first-order valence-electron chi connectivity index (χ1n) is 11.2. The zero-order valence-corrected chi connectivity index (χ0v) is 24.3. The number of amidine groups is 1. The molecule has 0 bridgehead atoms. The highest BCUT2D eigenvalue weighted by Gasteiger charge is 2.34. The average molecular weight is 670 g/mol. The van der Waals surface area contributed by atoms with Crippen molar-refractivity contribution in [2.75, 3.05) is 4.90 Å². The number of hydrogen-bond donors (Lipinski definition) is 0. The lowest BCUT2D eigenvalue weighted by Crippen LogP contribution is -2.28. The summed E-state index contributed by atoms with van der Waals surface area (Å²) in [7, 11) is -4.03. The summed E-state index contributed by atoms with van der Waals surface area (Å²) < 4.78 is 31.7. The molecule has 0 aromatic heterocycles. The van der Waals surface area contributed by atoms with Crippen molar-refractivity contribution in [2.24, 2.45) is 4.99 Å². The molecule has 1 fully saturated rings. The predicted octanol–water partition coefficient (Wildman–Crippen LogP) is 7.79. The standard InChI is InChI=1S/C28H18Br2N2O4S2/c29-23-16-19(17-24(30)26(23)36-38(34,35)22-14-8-3-9-15-22)18-25-27(33)32(21-12-6-2-7-13-21)28(37-25)31-20-10-4-1-5-11-20/h1-18H/b25-18+,31-28?. The fourth-order valence-electron chi connectivity index (χ4n) is 3.61. The normalized spacial score (nSPS) is 15.8. The zero-order valence-electron chi connectivity index (χ0n) is 19.5. The number of thioether (sulfide) groups is 1. The maximum absolute atomic E-state index is 13.5. The van der Waals surface area contributed by atoms with E-state index in [4.69, 9.17) is 9.18 Å². The van der Waals surface area contributed by atoms with Gasteiger partial charge in [-0.25, -0.2) is 4.99 Å². The molecule has 0 spiro atoms. The molecule has 1 amide bonds. The molecule has 6 nitrogen and oxygen atoms in total. The van der Waals surface area contributed by atoms with E-state index in [1.54, 1.807) is 41.3 Å². The van der Waals surface area contributed by atoms with Crippen LogP contribution in [0.2, 0.25) is 0 Å². The van der Waals surface area contributed by atoms with Crippen molar-refractivity contribution < 1.29 is 17.4 Å². The topological polar surface area (TPSA) is 76.0 Å². The fourth-order valence-corrected chi connectivity index (χ4v) is 7.19. The minimum Gasteiger partial charge on any atom is -0.377 e. The Morgan fingerprint density at radius 2 is 1.37 bits per heavy atom. The first-order chi connectivity index (χ1) is 18.3. The van der Waals surface area contributed by atoms with Crippen molar-refractivity contribution in [1.82, 2.24) is 0 Å². The van der Waals surface area contributed by atoms with Crippen molar-refractivity contribution in [3.8, 4) is 5.75 Å². The number of aliphatic imine (C=N–C) groups is 1. The van der Waals surface area contributed by atoms with E-state index in [1.165, 1.54) is 23.9 Å². The fraction of sp³-hybridized carbons (Fsp3) is 0. The number of nitrogens with zero attached hydrogens (tertiary/aromatic N) is 2. The summed E-state index contributed by atoms with van der Waals surface area (Å²) in [4.78, 5) is 20.3. The van der Waals surface area contributed by atoms with Gasteiger partial charge < -0.3 is 4.18 Å². The molecule has 1 aliphatic rings. The Bertz CT molecular complexity index is 1640. The molecule has 1 aliphatic heterocycles. The predicted molar refractivity (Wildman–Crippen MR) is 159 cm³/mol. The van der Waals surface area contributed by atoms with Gasteiger partial charge in [-0.3, -0.25) is 9.69 Å². The molecule has 190 valence electrons. The number of anilines is 1. The smallest absolute Gasteiger partial charge is 0.339 e. The lowest BCUT2D eigenvalue weighted by molar-refractivity contribution is -0.113. The number of carbonyl (C=O) groups excluding carboxylic acids is 1. The Morgan fingerprint density at radius 3 is 1.97 bits per heavy atom. The Kier molecular flexibility index (Phi) is 7.85. The Morgan fingerprint density at radius 1 is 0.816 bits per heavy atom. The molecule has 0 unspecified atom stereocenters. The summed E-state index contributed by atoms with van der Waals surface area (Å²) in [5.41, 5.74) is 2.11. The minimum absolute atomic E-state index is 0.0455. The van der Waals surface area contributed by atoms with E-state index < -0.39 is 10.1 Å². The second-order valence-electron chi connectivity index (χ2n) is 7.98. The average Bonchev–Trinajstić information content (AvgIpc) is 3.22. The van der Waals surface area contributed by atoms with E-state index in [0.717, 1.165) is 5.69 Å². The number of benzene rings is 4. The maximum Gasteiger partial charge on any atom is 0.339 e. The third-order valence-electron chi connectivity index (χ3n) is 5.35.